The fourth-order valence-corrected chi connectivity index (χ4v) is 4.83. The van der Waals surface area contributed by atoms with Crippen molar-refractivity contribution in [3.63, 3.8) is 0 Å². The molecule has 136 valence electrons. The maximum atomic E-state index is 9.77. The van der Waals surface area contributed by atoms with Gasteiger partial charge in [0.15, 0.2) is 0 Å². The molecular weight excluding hydrogens is 332 g/mol. The molecule has 2 aliphatic heterocycles. The molecule has 4 rings (SSSR count). The van der Waals surface area contributed by atoms with Gasteiger partial charge >= 0.3 is 0 Å². The van der Waals surface area contributed by atoms with Gasteiger partial charge in [0.25, 0.3) is 0 Å². The Labute approximate surface area is 161 Å². The summed E-state index contributed by atoms with van der Waals surface area (Å²) in [5, 5.41) is 19.5. The summed E-state index contributed by atoms with van der Waals surface area (Å²) in [6, 6.07) is 4.71. The summed E-state index contributed by atoms with van der Waals surface area (Å²) in [6.07, 6.45) is 10.5. The Balaban J connectivity index is 2.02. The monoisotopic (exact) mass is 356 g/mol. The van der Waals surface area contributed by atoms with Gasteiger partial charge in [-0.3, -0.25) is 0 Å². The van der Waals surface area contributed by atoms with E-state index in [4.69, 9.17) is 4.74 Å². The highest BCUT2D eigenvalue weighted by Gasteiger charge is 2.63. The molecule has 0 aromatic carbocycles. The minimum Gasteiger partial charge on any atom is -0.360 e. The normalized spacial score (nSPS) is 34.2. The summed E-state index contributed by atoms with van der Waals surface area (Å²) in [6.45, 7) is 10.6. The van der Waals surface area contributed by atoms with Crippen LogP contribution in [0, 0.1) is 40.4 Å². The van der Waals surface area contributed by atoms with Crippen LogP contribution in [0.1, 0.15) is 34.6 Å². The number of fused-ring (bicyclic) bond motifs is 6. The lowest BCUT2D eigenvalue weighted by Crippen LogP contribution is -2.37. The van der Waals surface area contributed by atoms with Gasteiger partial charge in [-0.1, -0.05) is 44.2 Å². The quantitative estimate of drug-likeness (QED) is 0.657. The van der Waals surface area contributed by atoms with E-state index >= 15 is 0 Å². The Morgan fingerprint density at radius 2 is 1.74 bits per heavy atom. The van der Waals surface area contributed by atoms with Crippen molar-refractivity contribution in [3.8, 4) is 12.1 Å². The summed E-state index contributed by atoms with van der Waals surface area (Å²) >= 11 is 0. The maximum absolute atomic E-state index is 9.77. The lowest BCUT2D eigenvalue weighted by atomic mass is 9.67. The van der Waals surface area contributed by atoms with E-state index in [0.717, 1.165) is 11.1 Å². The highest BCUT2D eigenvalue weighted by Crippen LogP contribution is 2.59. The average molecular weight is 356 g/mol. The Hall–Kier alpha value is -2.62. The summed E-state index contributed by atoms with van der Waals surface area (Å²) in [4.78, 5) is 0. The van der Waals surface area contributed by atoms with Crippen LogP contribution >= 0.6 is 0 Å². The van der Waals surface area contributed by atoms with Gasteiger partial charge in [-0.15, -0.1) is 0 Å². The van der Waals surface area contributed by atoms with Crippen molar-refractivity contribution in [1.82, 2.24) is 0 Å². The molecule has 2 aliphatic carbocycles. The predicted octanol–water partition coefficient (Wildman–Crippen LogP) is 5.09. The molecule has 4 unspecified atom stereocenters. The second kappa shape index (κ2) is 5.95. The predicted molar refractivity (Wildman–Crippen MR) is 105 cm³/mol. The van der Waals surface area contributed by atoms with E-state index in [0.29, 0.717) is 5.92 Å². The van der Waals surface area contributed by atoms with Crippen LogP contribution in [0.4, 0.5) is 0 Å². The zero-order chi connectivity index (χ0) is 19.5. The van der Waals surface area contributed by atoms with Gasteiger partial charge in [0.05, 0.1) is 24.0 Å². The zero-order valence-electron chi connectivity index (χ0n) is 16.5. The van der Waals surface area contributed by atoms with Crippen molar-refractivity contribution in [3.05, 3.63) is 69.4 Å². The van der Waals surface area contributed by atoms with Gasteiger partial charge in [-0.05, 0) is 65.7 Å². The van der Waals surface area contributed by atoms with Crippen LogP contribution in [0.25, 0.3) is 0 Å². The molecule has 0 radical (unpaired) electrons. The van der Waals surface area contributed by atoms with E-state index < -0.39 is 17.4 Å². The molecule has 0 spiro atoms. The number of rotatable bonds is 1. The molecule has 2 saturated heterocycles. The third-order valence-corrected chi connectivity index (χ3v) is 6.41. The molecular formula is C24H24N2O. The first-order chi connectivity index (χ1) is 12.8. The molecule has 0 aromatic heterocycles. The molecule has 3 nitrogen and oxygen atoms in total. The van der Waals surface area contributed by atoms with Gasteiger partial charge < -0.3 is 4.74 Å². The van der Waals surface area contributed by atoms with E-state index in [1.165, 1.54) is 27.9 Å². The van der Waals surface area contributed by atoms with Crippen molar-refractivity contribution < 1.29 is 4.74 Å². The molecule has 4 aliphatic rings. The van der Waals surface area contributed by atoms with Gasteiger partial charge in [-0.25, -0.2) is 0 Å². The number of hydrogen-bond donors (Lipinski definition) is 0. The van der Waals surface area contributed by atoms with Gasteiger partial charge in [0.2, 0.25) is 0 Å². The fourth-order valence-electron chi connectivity index (χ4n) is 4.83. The average Bonchev–Trinajstić information content (AvgIpc) is 2.92. The zero-order valence-corrected chi connectivity index (χ0v) is 16.5. The van der Waals surface area contributed by atoms with Gasteiger partial charge in [0, 0.05) is 0 Å². The van der Waals surface area contributed by atoms with Crippen LogP contribution in [0.2, 0.25) is 0 Å². The highest BCUT2D eigenvalue weighted by atomic mass is 16.5. The largest absolute Gasteiger partial charge is 0.360 e. The molecule has 2 heterocycles. The van der Waals surface area contributed by atoms with E-state index in [2.05, 4.69) is 70.2 Å². The van der Waals surface area contributed by atoms with E-state index in [1.807, 2.05) is 6.92 Å². The molecule has 2 fully saturated rings. The van der Waals surface area contributed by atoms with Crippen molar-refractivity contribution >= 4 is 0 Å². The number of hydrogen-bond acceptors (Lipinski definition) is 3. The second-order valence-electron chi connectivity index (χ2n) is 8.35. The van der Waals surface area contributed by atoms with Crippen LogP contribution in [0.15, 0.2) is 69.4 Å². The molecule has 2 bridgehead atoms. The Morgan fingerprint density at radius 3 is 2.37 bits per heavy atom. The standard InChI is InChI=1S/C24H24N2O/c1-13(2)16-8-6-15(4)21-17(10-16)14(3)7-9-19-22(21)23-18(11-25)20(12-26)24(19,5)27-23/h6-10,13,18,20,23H,1-5H3. The third-order valence-electron chi connectivity index (χ3n) is 6.41. The van der Waals surface area contributed by atoms with Crippen LogP contribution in [0.5, 0.6) is 0 Å². The molecule has 0 aromatic rings. The summed E-state index contributed by atoms with van der Waals surface area (Å²) in [5.41, 5.74) is 7.47. The maximum Gasteiger partial charge on any atom is 0.109 e. The SMILES string of the molecule is CC1=CC=C2C(=C3C(C)=CC=C(C(C)C)C=C13)C1OC2(C)C(C#N)C1C#N. The molecule has 3 heteroatoms. The van der Waals surface area contributed by atoms with E-state index in [-0.39, 0.29) is 6.10 Å². The third kappa shape index (κ3) is 2.29. The Morgan fingerprint density at radius 1 is 1.04 bits per heavy atom. The van der Waals surface area contributed by atoms with Crippen LogP contribution in [0.3, 0.4) is 0 Å². The molecule has 27 heavy (non-hydrogen) atoms. The number of ether oxygens (including phenoxy) is 1. The number of nitrogens with zero attached hydrogens (tertiary/aromatic N) is 2. The Kier molecular flexibility index (Phi) is 3.91. The van der Waals surface area contributed by atoms with Gasteiger partial charge in [-0.2, -0.15) is 10.5 Å². The first kappa shape index (κ1) is 17.8. The van der Waals surface area contributed by atoms with Crippen molar-refractivity contribution in [2.45, 2.75) is 46.3 Å². The molecule has 0 N–H and O–H groups in total. The molecule has 0 saturated carbocycles. The molecule has 4 atom stereocenters. The van der Waals surface area contributed by atoms with Gasteiger partial charge in [0.1, 0.15) is 11.7 Å². The van der Waals surface area contributed by atoms with Crippen molar-refractivity contribution in [1.29, 1.82) is 10.5 Å². The fraction of sp³-hybridized carbons (Fsp3) is 0.417. The summed E-state index contributed by atoms with van der Waals surface area (Å²) in [5.74, 6) is -0.451. The lowest BCUT2D eigenvalue weighted by molar-refractivity contribution is 0.0366. The minimum absolute atomic E-state index is 0.349. The van der Waals surface area contributed by atoms with Crippen molar-refractivity contribution in [2.24, 2.45) is 17.8 Å². The van der Waals surface area contributed by atoms with E-state index in [1.54, 1.807) is 0 Å². The minimum atomic E-state index is -0.727. The Bertz CT molecular complexity index is 1000. The van der Waals surface area contributed by atoms with Crippen LogP contribution in [-0.4, -0.2) is 11.7 Å². The summed E-state index contributed by atoms with van der Waals surface area (Å²) < 4.78 is 6.35. The topological polar surface area (TPSA) is 56.8 Å². The van der Waals surface area contributed by atoms with Crippen LogP contribution < -0.4 is 0 Å². The lowest BCUT2D eigenvalue weighted by Gasteiger charge is -2.31. The first-order valence-electron chi connectivity index (χ1n) is 9.55. The van der Waals surface area contributed by atoms with Crippen molar-refractivity contribution in [2.75, 3.05) is 0 Å². The first-order valence-corrected chi connectivity index (χ1v) is 9.55. The van der Waals surface area contributed by atoms with Crippen LogP contribution in [-0.2, 0) is 4.74 Å². The number of allylic oxidation sites excluding steroid dienone is 10. The smallest absolute Gasteiger partial charge is 0.109 e. The second-order valence-corrected chi connectivity index (χ2v) is 8.35. The number of nitriles is 2. The van der Waals surface area contributed by atoms with E-state index in [9.17, 15) is 10.5 Å². The molecule has 0 amide bonds. The summed E-state index contributed by atoms with van der Waals surface area (Å²) in [7, 11) is 0. The highest BCUT2D eigenvalue weighted by molar-refractivity contribution is 5.71.